The molecule has 0 spiro atoms. The average Bonchev–Trinajstić information content (AvgIpc) is 1.62. The molecular formula is C67H114O34. The van der Waals surface area contributed by atoms with Crippen LogP contribution in [0.5, 0.6) is 0 Å². The molecule has 0 aromatic carbocycles. The zero-order chi connectivity index (χ0) is 74.2. The van der Waals surface area contributed by atoms with Gasteiger partial charge in [-0.05, 0) is 106 Å². The summed E-state index contributed by atoms with van der Waals surface area (Å²) < 4.78 is 71.0. The molecule has 10 rings (SSSR count). The van der Waals surface area contributed by atoms with Crippen LogP contribution in [0.3, 0.4) is 0 Å². The Morgan fingerprint density at radius 1 is 0.485 bits per heavy atom. The van der Waals surface area contributed by atoms with Crippen molar-refractivity contribution in [1.82, 2.24) is 0 Å². The molecule has 34 nitrogen and oxygen atoms in total. The fraction of sp³-hybridized carbons (Fsp3) is 0.970. The van der Waals surface area contributed by atoms with Crippen LogP contribution in [0, 0.1) is 45.3 Å². The van der Waals surface area contributed by atoms with E-state index in [1.165, 1.54) is 13.8 Å². The maximum atomic E-state index is 13.0. The molecule has 34 heteroatoms. The van der Waals surface area contributed by atoms with Crippen molar-refractivity contribution in [2.24, 2.45) is 45.3 Å². The van der Waals surface area contributed by atoms with Gasteiger partial charge in [-0.2, -0.15) is 0 Å². The van der Waals surface area contributed by atoms with E-state index in [-0.39, 0.29) is 35.5 Å². The first kappa shape index (κ1) is 81.9. The van der Waals surface area contributed by atoms with Gasteiger partial charge in [0.2, 0.25) is 0 Å². The molecule has 40 atom stereocenters. The lowest BCUT2D eigenvalue weighted by atomic mass is 9.37. The van der Waals surface area contributed by atoms with Crippen LogP contribution in [0.4, 0.5) is 0 Å². The van der Waals surface area contributed by atoms with Gasteiger partial charge in [0.05, 0.1) is 63.6 Å². The Morgan fingerprint density at radius 3 is 1.33 bits per heavy atom. The van der Waals surface area contributed by atoms with Crippen LogP contribution in [-0.4, -0.2) is 360 Å². The van der Waals surface area contributed by atoms with E-state index in [4.69, 9.17) is 56.8 Å². The molecule has 0 amide bonds. The molecule has 586 valence electrons. The van der Waals surface area contributed by atoms with Gasteiger partial charge in [-0.25, -0.2) is 0 Å². The highest BCUT2D eigenvalue weighted by molar-refractivity contribution is 5.32. The van der Waals surface area contributed by atoms with Crippen LogP contribution in [0.25, 0.3) is 0 Å². The Kier molecular flexibility index (Phi) is 26.1. The van der Waals surface area contributed by atoms with Gasteiger partial charge in [-0.1, -0.05) is 53.2 Å². The van der Waals surface area contributed by atoms with E-state index in [1.54, 1.807) is 0 Å². The molecule has 0 bridgehead atoms. The van der Waals surface area contributed by atoms with E-state index in [2.05, 4.69) is 33.8 Å². The summed E-state index contributed by atoms with van der Waals surface area (Å²) in [7, 11) is 0. The molecule has 0 aromatic heterocycles. The third kappa shape index (κ3) is 15.2. The second-order valence-electron chi connectivity index (χ2n) is 31.7. The second kappa shape index (κ2) is 32.1. The number of hydrogen-bond donors (Lipinski definition) is 22. The maximum Gasteiger partial charge on any atom is 0.187 e. The number of fused-ring (bicyclic) bond motifs is 5. The molecule has 6 heterocycles. The third-order valence-corrected chi connectivity index (χ3v) is 25.3. The Hall–Kier alpha value is -1.62. The molecule has 101 heavy (non-hydrogen) atoms. The summed E-state index contributed by atoms with van der Waals surface area (Å²) in [5.74, 6) is -0.147. The van der Waals surface area contributed by atoms with Gasteiger partial charge in [0.15, 0.2) is 37.7 Å². The van der Waals surface area contributed by atoms with Gasteiger partial charge >= 0.3 is 0 Å². The Labute approximate surface area is 585 Å². The van der Waals surface area contributed by atoms with Crippen molar-refractivity contribution in [2.45, 2.75) is 321 Å². The van der Waals surface area contributed by atoms with Crippen molar-refractivity contribution in [3.63, 3.8) is 0 Å². The Balaban J connectivity index is 0.824. The molecule has 10 aliphatic rings. The number of rotatable bonds is 24. The molecule has 4 aliphatic carbocycles. The van der Waals surface area contributed by atoms with Crippen molar-refractivity contribution >= 4 is 0 Å². The molecule has 0 aromatic rings. The molecule has 22 N–H and O–H groups in total. The molecule has 3 saturated carbocycles. The maximum absolute atomic E-state index is 13.0. The zero-order valence-electron chi connectivity index (χ0n) is 58.3. The lowest BCUT2D eigenvalue weighted by molar-refractivity contribution is -0.380. The monoisotopic (exact) mass is 1460 g/mol. The standard InChI is InChI=1S/C67H114O34/c1-9-67-17-16-26(65(67,7)18-36(71)66(8)28-12-15-37(63(3,4)27(28)11-13-35(66)67)99-60-54(87)49(82)43(76)33(97-60)23-91-58-52(85)46(79)40(73)30(20-69)94-58)25(2)10-14-38(64(5,6)89)100-62-56(101-61-55(88)47(80)41(74)31(21-70)95-61)50(83)44(77)34(98-62)24-92-59-53(86)48(81)42(75)32(96-59)22-90-57-51(84)45(78)39(72)29(19-68)93-57/h11,25-26,28-62,68-89H,9-10,12-24H2,1-8H3/t25-,26?,28-,29-,30-,31-,32-,33-,34-,35-,36-,37+,38-,39-,40-,41-,42-,43-,44-,45+,46+,47+,48+,49+,50+,51-,52-,53-,54-,55-,56-,57-,58-,59-,60+,61+,62+,65-,66+,67+/m1/s1. The Morgan fingerprint density at radius 2 is 0.881 bits per heavy atom. The summed E-state index contributed by atoms with van der Waals surface area (Å²) in [6.45, 7) is 11.5. The van der Waals surface area contributed by atoms with Gasteiger partial charge in [-0.3, -0.25) is 0 Å². The van der Waals surface area contributed by atoms with E-state index in [9.17, 15) is 112 Å². The van der Waals surface area contributed by atoms with Crippen molar-refractivity contribution in [3.05, 3.63) is 11.6 Å². The molecule has 6 saturated heterocycles. The smallest absolute Gasteiger partial charge is 0.187 e. The Bertz CT molecular complexity index is 2690. The number of allylic oxidation sites excluding steroid dienone is 1. The van der Waals surface area contributed by atoms with Crippen molar-refractivity contribution in [1.29, 1.82) is 0 Å². The first-order valence-corrected chi connectivity index (χ1v) is 35.6. The van der Waals surface area contributed by atoms with Gasteiger partial charge in [0, 0.05) is 10.8 Å². The lowest BCUT2D eigenvalue weighted by Gasteiger charge is -2.68. The van der Waals surface area contributed by atoms with Crippen molar-refractivity contribution < 1.29 is 169 Å². The fourth-order valence-electron chi connectivity index (χ4n) is 19.0. The van der Waals surface area contributed by atoms with Gasteiger partial charge < -0.3 is 169 Å². The first-order chi connectivity index (χ1) is 47.4. The summed E-state index contributed by atoms with van der Waals surface area (Å²) in [5.41, 5.74) is -2.65. The predicted molar refractivity (Wildman–Crippen MR) is 337 cm³/mol. The fourth-order valence-corrected chi connectivity index (χ4v) is 19.0. The van der Waals surface area contributed by atoms with E-state index in [0.717, 1.165) is 24.8 Å². The highest BCUT2D eigenvalue weighted by atomic mass is 16.8. The largest absolute Gasteiger partial charge is 0.394 e. The summed E-state index contributed by atoms with van der Waals surface area (Å²) in [5, 5.41) is 239. The molecule has 9 fully saturated rings. The minimum Gasteiger partial charge on any atom is -0.394 e. The minimum absolute atomic E-state index is 0.0119. The van der Waals surface area contributed by atoms with E-state index in [1.807, 2.05) is 13.8 Å². The van der Waals surface area contributed by atoms with Crippen LogP contribution in [-0.2, 0) is 56.8 Å². The molecular weight excluding hydrogens is 1350 g/mol. The summed E-state index contributed by atoms with van der Waals surface area (Å²) in [6.07, 6.45) is -47.1. The quantitative estimate of drug-likeness (QED) is 0.0399. The van der Waals surface area contributed by atoms with E-state index in [0.29, 0.717) is 32.1 Å². The highest BCUT2D eigenvalue weighted by Crippen LogP contribution is 2.76. The summed E-state index contributed by atoms with van der Waals surface area (Å²) in [4.78, 5) is 0. The topological polar surface area (TPSA) is 556 Å². The normalized spacial score (nSPS) is 51.7. The zero-order valence-corrected chi connectivity index (χ0v) is 58.3. The van der Waals surface area contributed by atoms with Gasteiger partial charge in [0.25, 0.3) is 0 Å². The van der Waals surface area contributed by atoms with Crippen LogP contribution in [0.2, 0.25) is 0 Å². The summed E-state index contributed by atoms with van der Waals surface area (Å²) >= 11 is 0. The van der Waals surface area contributed by atoms with Crippen molar-refractivity contribution in [3.8, 4) is 0 Å². The first-order valence-electron chi connectivity index (χ1n) is 35.6. The molecule has 6 aliphatic heterocycles. The third-order valence-electron chi connectivity index (χ3n) is 25.3. The number of aliphatic hydroxyl groups excluding tert-OH is 21. The van der Waals surface area contributed by atoms with E-state index < -0.39 is 264 Å². The van der Waals surface area contributed by atoms with E-state index >= 15 is 0 Å². The van der Waals surface area contributed by atoms with Crippen LogP contribution in [0.15, 0.2) is 11.6 Å². The summed E-state index contributed by atoms with van der Waals surface area (Å²) in [6, 6.07) is 0. The second-order valence-corrected chi connectivity index (χ2v) is 31.7. The van der Waals surface area contributed by atoms with Crippen LogP contribution < -0.4 is 0 Å². The van der Waals surface area contributed by atoms with Gasteiger partial charge in [-0.15, -0.1) is 0 Å². The van der Waals surface area contributed by atoms with Crippen LogP contribution >= 0.6 is 0 Å². The predicted octanol–water partition coefficient (Wildman–Crippen LogP) is -7.19. The molecule has 1 unspecified atom stereocenters. The van der Waals surface area contributed by atoms with Gasteiger partial charge in [0.1, 0.15) is 146 Å². The minimum atomic E-state index is -2.04. The number of hydrogen-bond acceptors (Lipinski definition) is 34. The average molecular weight is 1460 g/mol. The number of aliphatic hydroxyl groups is 22. The van der Waals surface area contributed by atoms with Crippen molar-refractivity contribution in [2.75, 3.05) is 39.6 Å². The lowest BCUT2D eigenvalue weighted by Crippen LogP contribution is -2.66. The molecule has 0 radical (unpaired) electrons. The number of ether oxygens (including phenoxy) is 12. The van der Waals surface area contributed by atoms with Crippen LogP contribution in [0.1, 0.15) is 113 Å². The SMILES string of the molecule is CC[C@@]12CCC([C@H](C)CC[C@@H](O[C@@H]3O[C@H](CO[C@@H]4O[C@H](CO[C@@H]5O[C@H](CO)[C@@H](O)[C@H](O)[C@H]5O)[C@@H](O)[C@H](O)[C@H]4O)[C@@H](O)[C@H](O)[C@H]3O[C@@H]3O[C@H](CO)[C@@H](O)[C@H](O)[C@H]3O)C(C)(C)O)[C@@]1(C)C[C@@H](O)[C@@]1(C)[C@@H]3CC[C@H](O[C@@H]4O[C@H](CO[C@@H]5O[C@H](CO)[C@@H](O)[C@H](O)[C@H]5O)[C@@H](O)[C@H](O)[C@H]4O)C(C)(C)C3=CC[C@H]12. The highest BCUT2D eigenvalue weighted by Gasteiger charge is 2.72.